The van der Waals surface area contributed by atoms with Crippen LogP contribution < -0.4 is 5.73 Å². The fourth-order valence-electron chi connectivity index (χ4n) is 1.95. The highest BCUT2D eigenvalue weighted by Gasteiger charge is 2.30. The Balaban J connectivity index is 2.85. The Labute approximate surface area is 119 Å². The van der Waals surface area contributed by atoms with Crippen LogP contribution in [0.25, 0.3) is 0 Å². The van der Waals surface area contributed by atoms with E-state index < -0.39 is 0 Å². The quantitative estimate of drug-likeness (QED) is 0.857. The molecule has 2 atom stereocenters. The van der Waals surface area contributed by atoms with Gasteiger partial charge in [0.15, 0.2) is 0 Å². The largest absolute Gasteiger partial charge is 0.374 e. The van der Waals surface area contributed by atoms with E-state index in [0.29, 0.717) is 23.1 Å². The molecule has 0 bridgehead atoms. The molecule has 0 aliphatic heterocycles. The van der Waals surface area contributed by atoms with E-state index in [9.17, 15) is 0 Å². The first kappa shape index (κ1) is 15.8. The molecule has 0 heterocycles. The van der Waals surface area contributed by atoms with Crippen LogP contribution in [0, 0.1) is 0 Å². The van der Waals surface area contributed by atoms with Gasteiger partial charge in [-0.05, 0) is 50.5 Å². The average Bonchev–Trinajstić information content (AvgIpc) is 2.34. The van der Waals surface area contributed by atoms with Crippen LogP contribution in [0.15, 0.2) is 18.2 Å². The number of rotatable bonds is 6. The van der Waals surface area contributed by atoms with Gasteiger partial charge in [0, 0.05) is 22.7 Å². The van der Waals surface area contributed by atoms with Gasteiger partial charge in [-0.2, -0.15) is 0 Å². The molecule has 0 fully saturated rings. The summed E-state index contributed by atoms with van der Waals surface area (Å²) in [5.74, 6) is 0. The lowest BCUT2D eigenvalue weighted by atomic mass is 9.89. The molecule has 2 N–H and O–H groups in total. The fourth-order valence-corrected chi connectivity index (χ4v) is 2.34. The van der Waals surface area contributed by atoms with Crippen molar-refractivity contribution in [2.45, 2.75) is 45.3 Å². The van der Waals surface area contributed by atoms with E-state index in [1.165, 1.54) is 0 Å². The van der Waals surface area contributed by atoms with Crippen molar-refractivity contribution in [3.05, 3.63) is 33.8 Å². The van der Waals surface area contributed by atoms with Gasteiger partial charge in [0.05, 0.1) is 5.60 Å². The van der Waals surface area contributed by atoms with Crippen molar-refractivity contribution in [2.75, 3.05) is 6.61 Å². The lowest BCUT2D eigenvalue weighted by molar-refractivity contribution is -0.0461. The Morgan fingerprint density at radius 1 is 1.33 bits per heavy atom. The fraction of sp³-hybridized carbons (Fsp3) is 0.571. The Kier molecular flexibility index (Phi) is 5.93. The molecular formula is C14H21Cl2NO. The minimum absolute atomic E-state index is 0.113. The monoisotopic (exact) mass is 289 g/mol. The summed E-state index contributed by atoms with van der Waals surface area (Å²) >= 11 is 12.1. The van der Waals surface area contributed by atoms with E-state index in [0.717, 1.165) is 12.0 Å². The molecule has 0 saturated heterocycles. The van der Waals surface area contributed by atoms with E-state index in [-0.39, 0.29) is 11.6 Å². The molecule has 0 amide bonds. The van der Waals surface area contributed by atoms with Gasteiger partial charge in [-0.1, -0.05) is 30.1 Å². The number of nitrogens with two attached hydrogens (primary N) is 1. The molecular weight excluding hydrogens is 269 g/mol. The molecule has 18 heavy (non-hydrogen) atoms. The summed E-state index contributed by atoms with van der Waals surface area (Å²) in [6, 6.07) is 5.33. The zero-order valence-electron chi connectivity index (χ0n) is 11.2. The highest BCUT2D eigenvalue weighted by molar-refractivity contribution is 6.33. The topological polar surface area (TPSA) is 35.2 Å². The maximum atomic E-state index is 6.27. The third-order valence-corrected chi connectivity index (χ3v) is 4.01. The van der Waals surface area contributed by atoms with Crippen LogP contribution in [0.5, 0.6) is 0 Å². The van der Waals surface area contributed by atoms with Gasteiger partial charge in [0.1, 0.15) is 0 Å². The Morgan fingerprint density at radius 3 is 2.56 bits per heavy atom. The van der Waals surface area contributed by atoms with Crippen LogP contribution in [-0.4, -0.2) is 18.2 Å². The lowest BCUT2D eigenvalue weighted by Crippen LogP contribution is -2.48. The molecule has 0 radical (unpaired) electrons. The zero-order valence-corrected chi connectivity index (χ0v) is 12.7. The summed E-state index contributed by atoms with van der Waals surface area (Å²) in [7, 11) is 0. The van der Waals surface area contributed by atoms with Gasteiger partial charge in [0.25, 0.3) is 0 Å². The van der Waals surface area contributed by atoms with Crippen molar-refractivity contribution in [1.29, 1.82) is 0 Å². The molecule has 2 unspecified atom stereocenters. The highest BCUT2D eigenvalue weighted by atomic mass is 35.5. The van der Waals surface area contributed by atoms with Crippen LogP contribution >= 0.6 is 23.2 Å². The summed E-state index contributed by atoms with van der Waals surface area (Å²) < 4.78 is 5.78. The Bertz CT molecular complexity index is 397. The van der Waals surface area contributed by atoms with Gasteiger partial charge in [-0.3, -0.25) is 0 Å². The first-order valence-electron chi connectivity index (χ1n) is 6.26. The average molecular weight is 290 g/mol. The van der Waals surface area contributed by atoms with E-state index in [1.54, 1.807) is 12.1 Å². The van der Waals surface area contributed by atoms with Crippen molar-refractivity contribution in [2.24, 2.45) is 5.73 Å². The Morgan fingerprint density at radius 2 is 2.00 bits per heavy atom. The van der Waals surface area contributed by atoms with Gasteiger partial charge in [0.2, 0.25) is 0 Å². The number of hydrogen-bond acceptors (Lipinski definition) is 2. The SMILES string of the molecule is CCOC(C)(CC)C(N)Cc1cc(Cl)ccc1Cl. The standard InChI is InChI=1S/C14H21Cl2NO/c1-4-14(3,18-5-2)13(17)9-10-8-11(15)6-7-12(10)16/h6-8,13H,4-5,9,17H2,1-3H3. The van der Waals surface area contributed by atoms with Crippen LogP contribution in [0.1, 0.15) is 32.8 Å². The van der Waals surface area contributed by atoms with Crippen molar-refractivity contribution in [3.63, 3.8) is 0 Å². The number of benzene rings is 1. The van der Waals surface area contributed by atoms with Gasteiger partial charge in [-0.25, -0.2) is 0 Å². The summed E-state index contributed by atoms with van der Waals surface area (Å²) in [6.45, 7) is 6.75. The number of ether oxygens (including phenoxy) is 1. The van der Waals surface area contributed by atoms with Crippen molar-refractivity contribution in [3.8, 4) is 0 Å². The van der Waals surface area contributed by atoms with Gasteiger partial charge in [-0.15, -0.1) is 0 Å². The normalized spacial score (nSPS) is 16.3. The molecule has 0 saturated carbocycles. The third-order valence-electron chi connectivity index (χ3n) is 3.41. The summed E-state index contributed by atoms with van der Waals surface area (Å²) in [6.07, 6.45) is 1.52. The zero-order chi connectivity index (χ0) is 13.8. The molecule has 1 rings (SSSR count). The van der Waals surface area contributed by atoms with Crippen molar-refractivity contribution >= 4 is 23.2 Å². The van der Waals surface area contributed by atoms with Gasteiger partial charge >= 0.3 is 0 Å². The molecule has 1 aromatic rings. The first-order chi connectivity index (χ1) is 8.42. The Hall–Kier alpha value is -0.280. The molecule has 4 heteroatoms. The summed E-state index contributed by atoms with van der Waals surface area (Å²) in [4.78, 5) is 0. The predicted molar refractivity (Wildman–Crippen MR) is 78.5 cm³/mol. The first-order valence-corrected chi connectivity index (χ1v) is 7.02. The van der Waals surface area contributed by atoms with E-state index in [1.807, 2.05) is 19.9 Å². The smallest absolute Gasteiger partial charge is 0.0805 e. The second-order valence-corrected chi connectivity index (χ2v) is 5.49. The minimum Gasteiger partial charge on any atom is -0.374 e. The molecule has 0 aliphatic carbocycles. The molecule has 2 nitrogen and oxygen atoms in total. The second kappa shape index (κ2) is 6.76. The molecule has 0 aromatic heterocycles. The number of hydrogen-bond donors (Lipinski definition) is 1. The molecule has 102 valence electrons. The molecule has 0 spiro atoms. The molecule has 1 aromatic carbocycles. The van der Waals surface area contributed by atoms with Crippen molar-refractivity contribution < 1.29 is 4.74 Å². The van der Waals surface area contributed by atoms with Crippen LogP contribution in [0.3, 0.4) is 0 Å². The van der Waals surface area contributed by atoms with Crippen LogP contribution in [0.4, 0.5) is 0 Å². The van der Waals surface area contributed by atoms with E-state index >= 15 is 0 Å². The number of halogens is 2. The van der Waals surface area contributed by atoms with Crippen LogP contribution in [-0.2, 0) is 11.2 Å². The maximum Gasteiger partial charge on any atom is 0.0805 e. The summed E-state index contributed by atoms with van der Waals surface area (Å²) in [5.41, 5.74) is 6.91. The van der Waals surface area contributed by atoms with Crippen molar-refractivity contribution in [1.82, 2.24) is 0 Å². The predicted octanol–water partition coefficient (Wildman–Crippen LogP) is 4.07. The van der Waals surface area contributed by atoms with Crippen LogP contribution in [0.2, 0.25) is 10.0 Å². The van der Waals surface area contributed by atoms with E-state index in [2.05, 4.69) is 6.92 Å². The minimum atomic E-state index is -0.333. The summed E-state index contributed by atoms with van der Waals surface area (Å²) in [5, 5.41) is 1.38. The lowest BCUT2D eigenvalue weighted by Gasteiger charge is -2.34. The second-order valence-electron chi connectivity index (χ2n) is 4.65. The molecule has 0 aliphatic rings. The van der Waals surface area contributed by atoms with E-state index in [4.69, 9.17) is 33.7 Å². The third kappa shape index (κ3) is 3.86. The maximum absolute atomic E-state index is 6.27. The highest BCUT2D eigenvalue weighted by Crippen LogP contribution is 2.26. The van der Waals surface area contributed by atoms with Gasteiger partial charge < -0.3 is 10.5 Å².